The lowest BCUT2D eigenvalue weighted by molar-refractivity contribution is 0.343. The van der Waals surface area contributed by atoms with Crippen molar-refractivity contribution in [3.05, 3.63) is 35.9 Å². The van der Waals surface area contributed by atoms with Crippen molar-refractivity contribution in [2.45, 2.75) is 33.1 Å². The molecule has 1 aliphatic rings. The zero-order valence-electron chi connectivity index (χ0n) is 8.75. The third-order valence-electron chi connectivity index (χ3n) is 3.13. The standard InChI is InChI=1S/C13H18/c1-13(2,3)12-9-11(12)10-7-5-4-6-8-10/h4-8,11-12H,9H2,1-3H3/t11-,12?/m1/s1. The highest BCUT2D eigenvalue weighted by Gasteiger charge is 2.45. The van der Waals surface area contributed by atoms with Gasteiger partial charge < -0.3 is 0 Å². The summed E-state index contributed by atoms with van der Waals surface area (Å²) in [6, 6.07) is 10.9. The zero-order chi connectivity index (χ0) is 9.47. The molecule has 1 aromatic rings. The Labute approximate surface area is 81.0 Å². The Morgan fingerprint density at radius 2 is 1.69 bits per heavy atom. The summed E-state index contributed by atoms with van der Waals surface area (Å²) in [5.41, 5.74) is 2.02. The summed E-state index contributed by atoms with van der Waals surface area (Å²) in [7, 11) is 0. The van der Waals surface area contributed by atoms with Crippen molar-refractivity contribution < 1.29 is 0 Å². The Bertz CT molecular complexity index is 279. The fourth-order valence-corrected chi connectivity index (χ4v) is 2.22. The molecule has 2 atom stereocenters. The van der Waals surface area contributed by atoms with Crippen molar-refractivity contribution in [1.82, 2.24) is 0 Å². The SMILES string of the molecule is CC(C)(C)C1C[C@@H]1c1ccccc1. The molecular weight excluding hydrogens is 156 g/mol. The van der Waals surface area contributed by atoms with Crippen LogP contribution < -0.4 is 0 Å². The maximum absolute atomic E-state index is 2.35. The van der Waals surface area contributed by atoms with Crippen LogP contribution in [-0.2, 0) is 0 Å². The molecule has 1 aliphatic carbocycles. The summed E-state index contributed by atoms with van der Waals surface area (Å²) in [6.45, 7) is 7.04. The largest absolute Gasteiger partial charge is 0.0622 e. The highest BCUT2D eigenvalue weighted by molar-refractivity contribution is 5.26. The van der Waals surface area contributed by atoms with Crippen LogP contribution in [0.4, 0.5) is 0 Å². The first kappa shape index (κ1) is 8.80. The predicted octanol–water partition coefficient (Wildman–Crippen LogP) is 3.84. The molecule has 1 fully saturated rings. The van der Waals surface area contributed by atoms with Gasteiger partial charge in [-0.15, -0.1) is 0 Å². The van der Waals surface area contributed by atoms with Gasteiger partial charge in [-0.2, -0.15) is 0 Å². The number of hydrogen-bond donors (Lipinski definition) is 0. The normalized spacial score (nSPS) is 27.3. The summed E-state index contributed by atoms with van der Waals surface area (Å²) in [5.74, 6) is 1.73. The molecule has 0 spiro atoms. The Balaban J connectivity index is 2.09. The van der Waals surface area contributed by atoms with E-state index >= 15 is 0 Å². The smallest absolute Gasteiger partial charge is 0.0125 e. The van der Waals surface area contributed by atoms with Crippen molar-refractivity contribution in [2.75, 3.05) is 0 Å². The highest BCUT2D eigenvalue weighted by atomic mass is 14.5. The molecular formula is C13H18. The maximum Gasteiger partial charge on any atom is -0.0125 e. The molecule has 0 bridgehead atoms. The van der Waals surface area contributed by atoms with E-state index in [4.69, 9.17) is 0 Å². The van der Waals surface area contributed by atoms with E-state index in [1.54, 1.807) is 0 Å². The summed E-state index contributed by atoms with van der Waals surface area (Å²) < 4.78 is 0. The first-order valence-electron chi connectivity index (χ1n) is 5.14. The fourth-order valence-electron chi connectivity index (χ4n) is 2.22. The number of rotatable bonds is 1. The number of hydrogen-bond acceptors (Lipinski definition) is 0. The lowest BCUT2D eigenvalue weighted by Crippen LogP contribution is -2.08. The topological polar surface area (TPSA) is 0 Å². The quantitative estimate of drug-likeness (QED) is 0.607. The molecule has 0 heteroatoms. The van der Waals surface area contributed by atoms with E-state index in [-0.39, 0.29) is 0 Å². The van der Waals surface area contributed by atoms with Gasteiger partial charge in [0.25, 0.3) is 0 Å². The van der Waals surface area contributed by atoms with Crippen LogP contribution in [-0.4, -0.2) is 0 Å². The van der Waals surface area contributed by atoms with Crippen LogP contribution >= 0.6 is 0 Å². The first-order chi connectivity index (χ1) is 6.09. The highest BCUT2D eigenvalue weighted by Crippen LogP contribution is 2.56. The van der Waals surface area contributed by atoms with Gasteiger partial charge in [0.15, 0.2) is 0 Å². The van der Waals surface area contributed by atoms with E-state index in [9.17, 15) is 0 Å². The monoisotopic (exact) mass is 174 g/mol. The molecule has 0 aliphatic heterocycles. The average Bonchev–Trinajstić information content (AvgIpc) is 2.83. The molecule has 0 radical (unpaired) electrons. The summed E-state index contributed by atoms with van der Waals surface area (Å²) in [6.07, 6.45) is 1.38. The third-order valence-corrected chi connectivity index (χ3v) is 3.13. The second kappa shape index (κ2) is 2.87. The van der Waals surface area contributed by atoms with Gasteiger partial charge in [0.05, 0.1) is 0 Å². The third kappa shape index (κ3) is 1.77. The minimum atomic E-state index is 0.487. The Hall–Kier alpha value is -0.780. The van der Waals surface area contributed by atoms with Crippen molar-refractivity contribution in [2.24, 2.45) is 11.3 Å². The van der Waals surface area contributed by atoms with E-state index < -0.39 is 0 Å². The molecule has 0 aromatic heterocycles. The zero-order valence-corrected chi connectivity index (χ0v) is 8.75. The average molecular weight is 174 g/mol. The summed E-state index contributed by atoms with van der Waals surface area (Å²) >= 11 is 0. The van der Waals surface area contributed by atoms with E-state index in [1.807, 2.05) is 0 Å². The molecule has 1 unspecified atom stereocenters. The second-order valence-electron chi connectivity index (χ2n) is 5.23. The molecule has 0 heterocycles. The van der Waals surface area contributed by atoms with Gasteiger partial charge >= 0.3 is 0 Å². The van der Waals surface area contributed by atoms with Crippen molar-refractivity contribution in [1.29, 1.82) is 0 Å². The Morgan fingerprint density at radius 1 is 1.08 bits per heavy atom. The van der Waals surface area contributed by atoms with Gasteiger partial charge in [-0.05, 0) is 29.2 Å². The van der Waals surface area contributed by atoms with E-state index in [0.29, 0.717) is 5.41 Å². The summed E-state index contributed by atoms with van der Waals surface area (Å²) in [5, 5.41) is 0. The van der Waals surface area contributed by atoms with Crippen molar-refractivity contribution in [3.8, 4) is 0 Å². The Kier molecular flexibility index (Phi) is 1.94. The van der Waals surface area contributed by atoms with Crippen LogP contribution in [0.2, 0.25) is 0 Å². The lowest BCUT2D eigenvalue weighted by atomic mass is 9.88. The minimum Gasteiger partial charge on any atom is -0.0622 e. The van der Waals surface area contributed by atoms with E-state index in [0.717, 1.165) is 11.8 Å². The van der Waals surface area contributed by atoms with Gasteiger partial charge in [0, 0.05) is 0 Å². The first-order valence-corrected chi connectivity index (χ1v) is 5.14. The summed E-state index contributed by atoms with van der Waals surface area (Å²) in [4.78, 5) is 0. The fraction of sp³-hybridized carbons (Fsp3) is 0.538. The molecule has 2 rings (SSSR count). The van der Waals surface area contributed by atoms with E-state index in [2.05, 4.69) is 51.1 Å². The van der Waals surface area contributed by atoms with Crippen molar-refractivity contribution >= 4 is 0 Å². The molecule has 0 amide bonds. The second-order valence-corrected chi connectivity index (χ2v) is 5.23. The van der Waals surface area contributed by atoms with Crippen LogP contribution in [0.25, 0.3) is 0 Å². The van der Waals surface area contributed by atoms with Crippen LogP contribution in [0.5, 0.6) is 0 Å². The van der Waals surface area contributed by atoms with Crippen molar-refractivity contribution in [3.63, 3.8) is 0 Å². The van der Waals surface area contributed by atoms with Gasteiger partial charge in [0.1, 0.15) is 0 Å². The van der Waals surface area contributed by atoms with Gasteiger partial charge in [0.2, 0.25) is 0 Å². The molecule has 0 N–H and O–H groups in total. The van der Waals surface area contributed by atoms with Gasteiger partial charge in [-0.25, -0.2) is 0 Å². The minimum absolute atomic E-state index is 0.487. The van der Waals surface area contributed by atoms with Gasteiger partial charge in [-0.3, -0.25) is 0 Å². The van der Waals surface area contributed by atoms with Gasteiger partial charge in [-0.1, -0.05) is 51.1 Å². The maximum atomic E-state index is 2.35. The lowest BCUT2D eigenvalue weighted by Gasteiger charge is -2.18. The predicted molar refractivity (Wildman–Crippen MR) is 56.7 cm³/mol. The van der Waals surface area contributed by atoms with E-state index in [1.165, 1.54) is 12.0 Å². The molecule has 1 saturated carbocycles. The van der Waals surface area contributed by atoms with Crippen LogP contribution in [0.3, 0.4) is 0 Å². The molecule has 13 heavy (non-hydrogen) atoms. The van der Waals surface area contributed by atoms with Crippen LogP contribution in [0.1, 0.15) is 38.7 Å². The molecule has 1 aromatic carbocycles. The molecule has 70 valence electrons. The Morgan fingerprint density at radius 3 is 2.15 bits per heavy atom. The van der Waals surface area contributed by atoms with Crippen LogP contribution in [0.15, 0.2) is 30.3 Å². The molecule has 0 nitrogen and oxygen atoms in total. The molecule has 0 saturated heterocycles. The van der Waals surface area contributed by atoms with Crippen LogP contribution in [0, 0.1) is 11.3 Å². The number of benzene rings is 1.